The Morgan fingerprint density at radius 3 is 2.88 bits per heavy atom. The largest absolute Gasteiger partial charge is 0.368 e. The molecule has 2 rings (SSSR count). The van der Waals surface area contributed by atoms with Crippen LogP contribution in [0.25, 0.3) is 0 Å². The van der Waals surface area contributed by atoms with Crippen molar-refractivity contribution >= 4 is 17.6 Å². The number of pyridine rings is 1. The Morgan fingerprint density at radius 1 is 1.41 bits per heavy atom. The molecule has 0 atom stereocenters. The maximum Gasteiger partial charge on any atom is 0.189 e. The standard InChI is InChI=1S/C9H9F2N5S/c1-2-12-7-5(10)3-6(11)8(15-7)17-9-13-4-14-16-9/h3-4H,2H2,1H3,(H,12,15)(H,13,14,16). The number of rotatable bonds is 4. The third kappa shape index (κ3) is 2.70. The molecule has 0 aromatic carbocycles. The predicted molar refractivity (Wildman–Crippen MR) is 58.8 cm³/mol. The van der Waals surface area contributed by atoms with Gasteiger partial charge < -0.3 is 5.32 Å². The zero-order valence-electron chi connectivity index (χ0n) is 8.87. The maximum atomic E-state index is 13.4. The molecule has 0 bridgehead atoms. The second kappa shape index (κ2) is 5.09. The molecule has 2 heterocycles. The van der Waals surface area contributed by atoms with Gasteiger partial charge in [-0.2, -0.15) is 5.10 Å². The fourth-order valence-electron chi connectivity index (χ4n) is 1.15. The first-order valence-electron chi connectivity index (χ1n) is 4.84. The summed E-state index contributed by atoms with van der Waals surface area (Å²) in [5.74, 6) is -1.42. The van der Waals surface area contributed by atoms with Crippen molar-refractivity contribution in [3.63, 3.8) is 0 Å². The second-order valence-corrected chi connectivity index (χ2v) is 4.01. The molecule has 0 saturated heterocycles. The highest BCUT2D eigenvalue weighted by Gasteiger charge is 2.13. The van der Waals surface area contributed by atoms with Gasteiger partial charge in [-0.15, -0.1) is 0 Å². The predicted octanol–water partition coefficient (Wildman–Crippen LogP) is 2.06. The molecule has 8 heteroatoms. The molecule has 0 fully saturated rings. The normalized spacial score (nSPS) is 10.5. The SMILES string of the molecule is CCNc1nc(Sc2ncn[nH]2)c(F)cc1F. The molecular weight excluding hydrogens is 248 g/mol. The Balaban J connectivity index is 2.29. The molecule has 0 aliphatic heterocycles. The molecule has 0 aliphatic carbocycles. The van der Waals surface area contributed by atoms with Crippen molar-refractivity contribution in [3.05, 3.63) is 24.0 Å². The van der Waals surface area contributed by atoms with E-state index < -0.39 is 11.6 Å². The lowest BCUT2D eigenvalue weighted by Crippen LogP contribution is -2.04. The van der Waals surface area contributed by atoms with Gasteiger partial charge in [-0.3, -0.25) is 5.10 Å². The molecule has 90 valence electrons. The van der Waals surface area contributed by atoms with Crippen LogP contribution in [-0.2, 0) is 0 Å². The Bertz CT molecular complexity index is 502. The van der Waals surface area contributed by atoms with Crippen LogP contribution in [-0.4, -0.2) is 26.7 Å². The van der Waals surface area contributed by atoms with E-state index in [-0.39, 0.29) is 10.8 Å². The Labute approximate surface area is 100 Å². The van der Waals surface area contributed by atoms with E-state index >= 15 is 0 Å². The zero-order chi connectivity index (χ0) is 12.3. The quantitative estimate of drug-likeness (QED) is 0.877. The summed E-state index contributed by atoms with van der Waals surface area (Å²) in [4.78, 5) is 7.68. The first kappa shape index (κ1) is 11.8. The third-order valence-electron chi connectivity index (χ3n) is 1.83. The van der Waals surface area contributed by atoms with Gasteiger partial charge in [-0.05, 0) is 18.7 Å². The number of H-pyrrole nitrogens is 1. The summed E-state index contributed by atoms with van der Waals surface area (Å²) in [6.07, 6.45) is 1.30. The van der Waals surface area contributed by atoms with Crippen LogP contribution in [0.1, 0.15) is 6.92 Å². The van der Waals surface area contributed by atoms with E-state index in [4.69, 9.17) is 0 Å². The minimum atomic E-state index is -0.731. The highest BCUT2D eigenvalue weighted by atomic mass is 32.2. The molecule has 17 heavy (non-hydrogen) atoms. The first-order valence-corrected chi connectivity index (χ1v) is 5.65. The van der Waals surface area contributed by atoms with Gasteiger partial charge in [0, 0.05) is 12.6 Å². The number of halogens is 2. The van der Waals surface area contributed by atoms with Crippen molar-refractivity contribution in [1.29, 1.82) is 0 Å². The first-order chi connectivity index (χ1) is 8.20. The fraction of sp³-hybridized carbons (Fsp3) is 0.222. The van der Waals surface area contributed by atoms with Crippen LogP contribution >= 0.6 is 11.8 Å². The summed E-state index contributed by atoms with van der Waals surface area (Å²) in [5, 5.41) is 9.33. The lowest BCUT2D eigenvalue weighted by Gasteiger charge is -2.06. The van der Waals surface area contributed by atoms with Gasteiger partial charge in [0.1, 0.15) is 11.4 Å². The van der Waals surface area contributed by atoms with Crippen LogP contribution in [0.5, 0.6) is 0 Å². The number of hydrogen-bond acceptors (Lipinski definition) is 5. The molecule has 2 aromatic rings. The number of nitrogens with one attached hydrogen (secondary N) is 2. The van der Waals surface area contributed by atoms with Gasteiger partial charge in [0.05, 0.1) is 0 Å². The van der Waals surface area contributed by atoms with Crippen LogP contribution in [0, 0.1) is 11.6 Å². The second-order valence-electron chi connectivity index (χ2n) is 3.03. The van der Waals surface area contributed by atoms with Crippen molar-refractivity contribution in [2.24, 2.45) is 0 Å². The van der Waals surface area contributed by atoms with E-state index in [1.54, 1.807) is 6.92 Å². The molecule has 2 N–H and O–H groups in total. The smallest absolute Gasteiger partial charge is 0.189 e. The highest BCUT2D eigenvalue weighted by Crippen LogP contribution is 2.27. The molecule has 2 aromatic heterocycles. The Kier molecular flexibility index (Phi) is 3.52. The summed E-state index contributed by atoms with van der Waals surface area (Å²) in [6, 6.07) is 0.795. The van der Waals surface area contributed by atoms with Crippen molar-refractivity contribution in [3.8, 4) is 0 Å². The molecule has 0 spiro atoms. The van der Waals surface area contributed by atoms with Crippen LogP contribution in [0.3, 0.4) is 0 Å². The van der Waals surface area contributed by atoms with Gasteiger partial charge in [0.15, 0.2) is 22.6 Å². The van der Waals surface area contributed by atoms with Crippen LogP contribution < -0.4 is 5.32 Å². The minimum absolute atomic E-state index is 0.0240. The lowest BCUT2D eigenvalue weighted by molar-refractivity contribution is 0.551. The van der Waals surface area contributed by atoms with Crippen LogP contribution in [0.2, 0.25) is 0 Å². The van der Waals surface area contributed by atoms with Crippen molar-refractivity contribution < 1.29 is 8.78 Å². The molecule has 5 nitrogen and oxygen atoms in total. The number of aromatic amines is 1. The fourth-order valence-corrected chi connectivity index (χ4v) is 1.82. The average molecular weight is 257 g/mol. The van der Waals surface area contributed by atoms with Gasteiger partial charge in [0.25, 0.3) is 0 Å². The Morgan fingerprint density at radius 2 is 2.24 bits per heavy atom. The third-order valence-corrected chi connectivity index (χ3v) is 2.70. The van der Waals surface area contributed by atoms with E-state index in [1.165, 1.54) is 6.33 Å². The van der Waals surface area contributed by atoms with E-state index in [1.807, 2.05) is 0 Å². The molecule has 0 saturated carbocycles. The van der Waals surface area contributed by atoms with Gasteiger partial charge in [0.2, 0.25) is 0 Å². The summed E-state index contributed by atoms with van der Waals surface area (Å²) in [5.41, 5.74) is 0. The van der Waals surface area contributed by atoms with Gasteiger partial charge in [-0.25, -0.2) is 18.7 Å². The number of nitrogens with zero attached hydrogens (tertiary/aromatic N) is 3. The van der Waals surface area contributed by atoms with Gasteiger partial charge in [-0.1, -0.05) is 0 Å². The van der Waals surface area contributed by atoms with E-state index in [9.17, 15) is 8.78 Å². The number of hydrogen-bond donors (Lipinski definition) is 2. The van der Waals surface area contributed by atoms with E-state index in [0.717, 1.165) is 17.8 Å². The van der Waals surface area contributed by atoms with Crippen molar-refractivity contribution in [1.82, 2.24) is 20.2 Å². The lowest BCUT2D eigenvalue weighted by atomic mass is 10.4. The molecule has 0 unspecified atom stereocenters. The number of anilines is 1. The minimum Gasteiger partial charge on any atom is -0.368 e. The van der Waals surface area contributed by atoms with Crippen molar-refractivity contribution in [2.45, 2.75) is 17.1 Å². The van der Waals surface area contributed by atoms with Crippen molar-refractivity contribution in [2.75, 3.05) is 11.9 Å². The summed E-state index contributed by atoms with van der Waals surface area (Å²) >= 11 is 0.948. The van der Waals surface area contributed by atoms with E-state index in [2.05, 4.69) is 25.5 Å². The summed E-state index contributed by atoms with van der Waals surface area (Å²) < 4.78 is 26.7. The van der Waals surface area contributed by atoms with Crippen LogP contribution in [0.15, 0.2) is 22.6 Å². The summed E-state index contributed by atoms with van der Waals surface area (Å²) in [6.45, 7) is 2.30. The zero-order valence-corrected chi connectivity index (χ0v) is 9.68. The maximum absolute atomic E-state index is 13.4. The van der Waals surface area contributed by atoms with Gasteiger partial charge >= 0.3 is 0 Å². The monoisotopic (exact) mass is 257 g/mol. The molecule has 0 amide bonds. The average Bonchev–Trinajstić information content (AvgIpc) is 2.78. The summed E-state index contributed by atoms with van der Waals surface area (Å²) in [7, 11) is 0. The highest BCUT2D eigenvalue weighted by molar-refractivity contribution is 7.99. The van der Waals surface area contributed by atoms with E-state index in [0.29, 0.717) is 11.7 Å². The molecule has 0 radical (unpaired) electrons. The number of aromatic nitrogens is 4. The molecule has 0 aliphatic rings. The molecular formula is C9H9F2N5S. The van der Waals surface area contributed by atoms with Crippen LogP contribution in [0.4, 0.5) is 14.6 Å². The topological polar surface area (TPSA) is 66.5 Å². The Hall–Kier alpha value is -1.70.